The summed E-state index contributed by atoms with van der Waals surface area (Å²) >= 11 is 0. The minimum absolute atomic E-state index is 0.431. The normalized spacial score (nSPS) is 12.1. The molecular weight excluding hydrogens is 276 g/mol. The first-order valence-corrected chi connectivity index (χ1v) is 8.62. The van der Waals surface area contributed by atoms with E-state index in [1.807, 2.05) is 18.2 Å². The van der Waals surface area contributed by atoms with Crippen molar-refractivity contribution in [2.24, 2.45) is 0 Å². The van der Waals surface area contributed by atoms with Crippen molar-refractivity contribution in [1.29, 1.82) is 0 Å². The molecule has 0 amide bonds. The van der Waals surface area contributed by atoms with Gasteiger partial charge in [-0.3, -0.25) is 0 Å². The van der Waals surface area contributed by atoms with Crippen LogP contribution in [0, 0.1) is 0 Å². The lowest BCUT2D eigenvalue weighted by atomic mass is 10.1. The van der Waals surface area contributed by atoms with Crippen molar-refractivity contribution in [3.63, 3.8) is 0 Å². The predicted molar refractivity (Wildman–Crippen MR) is 89.7 cm³/mol. The molecule has 0 saturated carbocycles. The number of ether oxygens (including phenoxy) is 1. The fourth-order valence-electron chi connectivity index (χ4n) is 2.41. The van der Waals surface area contributed by atoms with Gasteiger partial charge in [-0.05, 0) is 31.2 Å². The smallest absolute Gasteiger partial charge is 0.334 e. The molecule has 0 saturated heterocycles. The molecule has 0 spiro atoms. The molecule has 1 atom stereocenters. The van der Waals surface area contributed by atoms with Gasteiger partial charge in [-0.15, -0.1) is 0 Å². The van der Waals surface area contributed by atoms with Crippen molar-refractivity contribution in [2.45, 2.75) is 70.8 Å². The second kappa shape index (κ2) is 12.2. The molecule has 0 aliphatic heterocycles. The first-order valence-electron chi connectivity index (χ1n) is 8.62. The quantitative estimate of drug-likeness (QED) is 0.463. The monoisotopic (exact) mass is 306 g/mol. The summed E-state index contributed by atoms with van der Waals surface area (Å²) in [6, 6.07) is 10.1. The number of rotatable bonds is 12. The van der Waals surface area contributed by atoms with Crippen LogP contribution >= 0.6 is 0 Å². The number of esters is 1. The van der Waals surface area contributed by atoms with Crippen LogP contribution in [0.25, 0.3) is 0 Å². The van der Waals surface area contributed by atoms with Gasteiger partial charge in [-0.1, -0.05) is 69.4 Å². The highest BCUT2D eigenvalue weighted by Crippen LogP contribution is 2.08. The number of hydrogen-bond acceptors (Lipinski definition) is 3. The molecule has 0 heterocycles. The van der Waals surface area contributed by atoms with E-state index in [1.165, 1.54) is 31.2 Å². The Morgan fingerprint density at radius 2 is 1.73 bits per heavy atom. The van der Waals surface area contributed by atoms with Gasteiger partial charge in [0.1, 0.15) is 0 Å². The molecule has 0 unspecified atom stereocenters. The summed E-state index contributed by atoms with van der Waals surface area (Å²) in [5.74, 6) is -0.471. The van der Waals surface area contributed by atoms with Gasteiger partial charge in [-0.25, -0.2) is 4.79 Å². The van der Waals surface area contributed by atoms with Crippen molar-refractivity contribution in [3.8, 4) is 0 Å². The third kappa shape index (κ3) is 8.83. The molecule has 1 rings (SSSR count). The Hall–Kier alpha value is -1.35. The fraction of sp³-hybridized carbons (Fsp3) is 0.632. The van der Waals surface area contributed by atoms with Gasteiger partial charge in [0, 0.05) is 0 Å². The van der Waals surface area contributed by atoms with E-state index in [9.17, 15) is 9.90 Å². The number of carbonyl (C=O) groups is 1. The Morgan fingerprint density at radius 3 is 2.45 bits per heavy atom. The van der Waals surface area contributed by atoms with Gasteiger partial charge in [-0.2, -0.15) is 0 Å². The lowest BCUT2D eigenvalue weighted by molar-refractivity contribution is -0.154. The highest BCUT2D eigenvalue weighted by atomic mass is 16.5. The second-order valence-electron chi connectivity index (χ2n) is 5.83. The maximum atomic E-state index is 11.6. The van der Waals surface area contributed by atoms with Crippen LogP contribution in [0.15, 0.2) is 30.3 Å². The molecule has 3 heteroatoms. The number of unbranched alkanes of at least 4 members (excludes halogenated alkanes) is 5. The van der Waals surface area contributed by atoms with E-state index in [0.717, 1.165) is 25.7 Å². The largest absolute Gasteiger partial charge is 0.464 e. The topological polar surface area (TPSA) is 46.5 Å². The molecule has 0 aromatic heterocycles. The van der Waals surface area contributed by atoms with Crippen molar-refractivity contribution in [2.75, 3.05) is 6.61 Å². The van der Waals surface area contributed by atoms with E-state index in [0.29, 0.717) is 13.0 Å². The Kier molecular flexibility index (Phi) is 10.4. The molecule has 0 fully saturated rings. The molecule has 1 N–H and O–H groups in total. The summed E-state index contributed by atoms with van der Waals surface area (Å²) in [6.07, 6.45) is 8.11. The summed E-state index contributed by atoms with van der Waals surface area (Å²) in [6.45, 7) is 2.63. The fourth-order valence-corrected chi connectivity index (χ4v) is 2.41. The molecule has 124 valence electrons. The van der Waals surface area contributed by atoms with Crippen LogP contribution in [0.1, 0.15) is 63.9 Å². The minimum Gasteiger partial charge on any atom is -0.464 e. The zero-order valence-electron chi connectivity index (χ0n) is 13.8. The zero-order valence-corrected chi connectivity index (χ0v) is 13.8. The highest BCUT2D eigenvalue weighted by molar-refractivity contribution is 5.74. The lowest BCUT2D eigenvalue weighted by Crippen LogP contribution is -2.23. The number of hydrogen-bond donors (Lipinski definition) is 1. The van der Waals surface area contributed by atoms with Crippen LogP contribution in [0.4, 0.5) is 0 Å². The summed E-state index contributed by atoms with van der Waals surface area (Å²) in [4.78, 5) is 11.6. The molecule has 0 aliphatic carbocycles. The van der Waals surface area contributed by atoms with Crippen LogP contribution in [0.2, 0.25) is 0 Å². The first-order chi connectivity index (χ1) is 10.7. The average Bonchev–Trinajstić information content (AvgIpc) is 2.54. The summed E-state index contributed by atoms with van der Waals surface area (Å²) in [5, 5.41) is 9.79. The van der Waals surface area contributed by atoms with E-state index in [1.54, 1.807) is 0 Å². The maximum Gasteiger partial charge on any atom is 0.334 e. The Labute approximate surface area is 134 Å². The van der Waals surface area contributed by atoms with Gasteiger partial charge in [0.25, 0.3) is 0 Å². The van der Waals surface area contributed by atoms with Crippen LogP contribution < -0.4 is 0 Å². The van der Waals surface area contributed by atoms with Crippen molar-refractivity contribution in [1.82, 2.24) is 0 Å². The van der Waals surface area contributed by atoms with Gasteiger partial charge in [0.2, 0.25) is 0 Å². The molecule has 0 bridgehead atoms. The zero-order chi connectivity index (χ0) is 16.0. The lowest BCUT2D eigenvalue weighted by Gasteiger charge is -2.10. The minimum atomic E-state index is -0.983. The highest BCUT2D eigenvalue weighted by Gasteiger charge is 2.15. The van der Waals surface area contributed by atoms with Crippen molar-refractivity contribution >= 4 is 5.97 Å². The van der Waals surface area contributed by atoms with Crippen LogP contribution in [-0.4, -0.2) is 23.8 Å². The van der Waals surface area contributed by atoms with E-state index in [-0.39, 0.29) is 0 Å². The Balaban J connectivity index is 2.02. The SMILES string of the molecule is CCCCCCCCOC(=O)[C@@H](O)CCCc1ccccc1. The summed E-state index contributed by atoms with van der Waals surface area (Å²) < 4.78 is 5.12. The van der Waals surface area contributed by atoms with Gasteiger partial charge >= 0.3 is 5.97 Å². The maximum absolute atomic E-state index is 11.6. The third-order valence-electron chi connectivity index (χ3n) is 3.80. The van der Waals surface area contributed by atoms with Gasteiger partial charge in [0.05, 0.1) is 6.61 Å². The standard InChI is InChI=1S/C19H30O3/c1-2-3-4-5-6-10-16-22-19(21)18(20)15-11-14-17-12-8-7-9-13-17/h7-9,12-13,18,20H,2-6,10-11,14-16H2,1H3/t18-/m0/s1. The van der Waals surface area contributed by atoms with Crippen molar-refractivity contribution < 1.29 is 14.6 Å². The van der Waals surface area contributed by atoms with Gasteiger partial charge in [0.15, 0.2) is 6.10 Å². The predicted octanol–water partition coefficient (Wildman–Crippen LogP) is 4.27. The molecule has 22 heavy (non-hydrogen) atoms. The van der Waals surface area contributed by atoms with E-state index >= 15 is 0 Å². The molecule has 1 aromatic carbocycles. The average molecular weight is 306 g/mol. The summed E-state index contributed by atoms with van der Waals surface area (Å²) in [5.41, 5.74) is 1.23. The van der Waals surface area contributed by atoms with Gasteiger partial charge < -0.3 is 9.84 Å². The molecule has 0 aliphatic rings. The van der Waals surface area contributed by atoms with Crippen molar-refractivity contribution in [3.05, 3.63) is 35.9 Å². The first kappa shape index (κ1) is 18.7. The number of benzene rings is 1. The summed E-state index contributed by atoms with van der Waals surface area (Å²) in [7, 11) is 0. The molecular formula is C19H30O3. The second-order valence-corrected chi connectivity index (χ2v) is 5.83. The number of aliphatic hydroxyl groups is 1. The molecule has 1 aromatic rings. The van der Waals surface area contributed by atoms with Crippen LogP contribution in [-0.2, 0) is 16.0 Å². The number of aryl methyl sites for hydroxylation is 1. The Morgan fingerprint density at radius 1 is 1.05 bits per heavy atom. The van der Waals surface area contributed by atoms with E-state index in [4.69, 9.17) is 4.74 Å². The van der Waals surface area contributed by atoms with E-state index < -0.39 is 12.1 Å². The third-order valence-corrected chi connectivity index (χ3v) is 3.80. The van der Waals surface area contributed by atoms with Crippen LogP contribution in [0.3, 0.4) is 0 Å². The number of carbonyl (C=O) groups excluding carboxylic acids is 1. The molecule has 0 radical (unpaired) electrons. The van der Waals surface area contributed by atoms with E-state index in [2.05, 4.69) is 19.1 Å². The van der Waals surface area contributed by atoms with Crippen LogP contribution in [0.5, 0.6) is 0 Å². The molecule has 3 nitrogen and oxygen atoms in total. The number of aliphatic hydroxyl groups excluding tert-OH is 1. The Bertz CT molecular complexity index is 389.